The molecule has 0 radical (unpaired) electrons. The number of rotatable bonds is 2. The maximum Gasteiger partial charge on any atom is 0.258 e. The van der Waals surface area contributed by atoms with Crippen molar-refractivity contribution in [1.29, 1.82) is 0 Å². The van der Waals surface area contributed by atoms with E-state index in [4.69, 9.17) is 16.1 Å². The van der Waals surface area contributed by atoms with Crippen LogP contribution in [-0.2, 0) is 5.41 Å². The maximum absolute atomic E-state index is 12.1. The number of hydrogen-bond acceptors (Lipinski definition) is 3. The van der Waals surface area contributed by atoms with E-state index in [1.807, 2.05) is 20.8 Å². The number of aromatic nitrogens is 1. The van der Waals surface area contributed by atoms with E-state index >= 15 is 0 Å². The third-order valence-corrected chi connectivity index (χ3v) is 3.49. The monoisotopic (exact) mass is 356 g/mol. The summed E-state index contributed by atoms with van der Waals surface area (Å²) < 4.78 is 5.99. The SMILES string of the molecule is CC(C)(C)c1cc(NC(=O)c2cc(Br)ccc2Cl)no1. The van der Waals surface area contributed by atoms with Crippen molar-refractivity contribution in [1.82, 2.24) is 5.16 Å². The summed E-state index contributed by atoms with van der Waals surface area (Å²) in [4.78, 5) is 12.1. The molecule has 2 rings (SSSR count). The molecule has 20 heavy (non-hydrogen) atoms. The molecule has 1 heterocycles. The van der Waals surface area contributed by atoms with Crippen LogP contribution in [0.2, 0.25) is 5.02 Å². The van der Waals surface area contributed by atoms with Gasteiger partial charge in [-0.15, -0.1) is 0 Å². The van der Waals surface area contributed by atoms with E-state index in [2.05, 4.69) is 26.4 Å². The molecule has 1 amide bonds. The molecule has 0 saturated carbocycles. The summed E-state index contributed by atoms with van der Waals surface area (Å²) in [5.41, 5.74) is 0.213. The summed E-state index contributed by atoms with van der Waals surface area (Å²) in [6.07, 6.45) is 0. The Kier molecular flexibility index (Phi) is 4.20. The molecule has 0 atom stereocenters. The Morgan fingerprint density at radius 2 is 2.05 bits per heavy atom. The second-order valence-electron chi connectivity index (χ2n) is 5.40. The molecule has 1 aromatic carbocycles. The highest BCUT2D eigenvalue weighted by Gasteiger charge is 2.21. The first-order chi connectivity index (χ1) is 9.27. The third-order valence-electron chi connectivity index (χ3n) is 2.66. The first-order valence-electron chi connectivity index (χ1n) is 6.01. The summed E-state index contributed by atoms with van der Waals surface area (Å²) in [6.45, 7) is 6.01. The van der Waals surface area contributed by atoms with Gasteiger partial charge in [0, 0.05) is 16.0 Å². The number of carbonyl (C=O) groups is 1. The van der Waals surface area contributed by atoms with Gasteiger partial charge in [0.25, 0.3) is 5.91 Å². The number of benzene rings is 1. The normalized spacial score (nSPS) is 11.4. The smallest absolute Gasteiger partial charge is 0.258 e. The molecule has 0 fully saturated rings. The van der Waals surface area contributed by atoms with Gasteiger partial charge in [-0.1, -0.05) is 53.5 Å². The summed E-state index contributed by atoms with van der Waals surface area (Å²) >= 11 is 9.32. The van der Waals surface area contributed by atoms with Crippen molar-refractivity contribution in [3.05, 3.63) is 45.1 Å². The van der Waals surface area contributed by atoms with Crippen molar-refractivity contribution < 1.29 is 9.32 Å². The molecule has 0 saturated heterocycles. The van der Waals surface area contributed by atoms with Crippen molar-refractivity contribution in [2.45, 2.75) is 26.2 Å². The van der Waals surface area contributed by atoms with Gasteiger partial charge in [0.15, 0.2) is 5.82 Å². The van der Waals surface area contributed by atoms with Gasteiger partial charge in [0.05, 0.1) is 10.6 Å². The second-order valence-corrected chi connectivity index (χ2v) is 6.73. The van der Waals surface area contributed by atoms with Crippen molar-refractivity contribution in [2.75, 3.05) is 5.32 Å². The molecule has 0 bridgehead atoms. The van der Waals surface area contributed by atoms with Gasteiger partial charge in [0.2, 0.25) is 0 Å². The lowest BCUT2D eigenvalue weighted by atomic mass is 9.93. The molecule has 0 aliphatic rings. The van der Waals surface area contributed by atoms with Crippen LogP contribution < -0.4 is 5.32 Å². The number of halogens is 2. The molecule has 106 valence electrons. The van der Waals surface area contributed by atoms with Crippen LogP contribution in [0, 0.1) is 0 Å². The molecule has 1 aromatic heterocycles. The standard InChI is InChI=1S/C14H14BrClN2O2/c1-14(2,3)11-7-12(18-20-11)17-13(19)9-6-8(15)4-5-10(9)16/h4-7H,1-3H3,(H,17,18,19). The summed E-state index contributed by atoms with van der Waals surface area (Å²) in [6, 6.07) is 6.79. The minimum absolute atomic E-state index is 0.163. The van der Waals surface area contributed by atoms with E-state index in [-0.39, 0.29) is 11.3 Å². The van der Waals surface area contributed by atoms with Gasteiger partial charge < -0.3 is 9.84 Å². The van der Waals surface area contributed by atoms with Crippen molar-refractivity contribution in [2.24, 2.45) is 0 Å². The minimum atomic E-state index is -0.329. The predicted octanol–water partition coefficient (Wildman–Crippen LogP) is 4.64. The summed E-state index contributed by atoms with van der Waals surface area (Å²) in [5, 5.41) is 6.89. The number of anilines is 1. The van der Waals surface area contributed by atoms with E-state index in [9.17, 15) is 4.79 Å². The lowest BCUT2D eigenvalue weighted by Gasteiger charge is -2.12. The average molecular weight is 358 g/mol. The number of nitrogens with zero attached hydrogens (tertiary/aromatic N) is 1. The summed E-state index contributed by atoms with van der Waals surface area (Å²) in [7, 11) is 0. The van der Waals surface area contributed by atoms with Crippen LogP contribution in [0.25, 0.3) is 0 Å². The Morgan fingerprint density at radius 3 is 2.65 bits per heavy atom. The highest BCUT2D eigenvalue weighted by Crippen LogP contribution is 2.26. The highest BCUT2D eigenvalue weighted by atomic mass is 79.9. The molecular weight excluding hydrogens is 344 g/mol. The average Bonchev–Trinajstić information content (AvgIpc) is 2.80. The molecule has 6 heteroatoms. The zero-order valence-corrected chi connectivity index (χ0v) is 13.7. The predicted molar refractivity (Wildman–Crippen MR) is 82.3 cm³/mol. The van der Waals surface area contributed by atoms with Gasteiger partial charge in [-0.25, -0.2) is 0 Å². The molecule has 2 aromatic rings. The molecule has 0 aliphatic carbocycles. The molecule has 4 nitrogen and oxygen atoms in total. The zero-order chi connectivity index (χ0) is 14.9. The lowest BCUT2D eigenvalue weighted by molar-refractivity contribution is 0.102. The van der Waals surface area contributed by atoms with Crippen LogP contribution in [0.3, 0.4) is 0 Å². The molecule has 0 spiro atoms. The molecule has 0 aliphatic heterocycles. The van der Waals surface area contributed by atoms with Crippen LogP contribution in [0.1, 0.15) is 36.9 Å². The number of nitrogens with one attached hydrogen (secondary N) is 1. The van der Waals surface area contributed by atoms with Crippen LogP contribution in [-0.4, -0.2) is 11.1 Å². The van der Waals surface area contributed by atoms with Gasteiger partial charge >= 0.3 is 0 Å². The fraction of sp³-hybridized carbons (Fsp3) is 0.286. The third kappa shape index (κ3) is 3.41. The summed E-state index contributed by atoms with van der Waals surface area (Å²) in [5.74, 6) is 0.745. The van der Waals surface area contributed by atoms with E-state index in [0.29, 0.717) is 22.2 Å². The Hall–Kier alpha value is -1.33. The van der Waals surface area contributed by atoms with Crippen LogP contribution >= 0.6 is 27.5 Å². The van der Waals surface area contributed by atoms with Gasteiger partial charge in [-0.05, 0) is 18.2 Å². The van der Waals surface area contributed by atoms with Crippen LogP contribution in [0.4, 0.5) is 5.82 Å². The van der Waals surface area contributed by atoms with Crippen molar-refractivity contribution in [3.63, 3.8) is 0 Å². The quantitative estimate of drug-likeness (QED) is 0.852. The molecular formula is C14H14BrClN2O2. The topological polar surface area (TPSA) is 55.1 Å². The van der Waals surface area contributed by atoms with Gasteiger partial charge in [-0.3, -0.25) is 4.79 Å². The van der Waals surface area contributed by atoms with E-state index < -0.39 is 0 Å². The minimum Gasteiger partial charge on any atom is -0.359 e. The Balaban J connectivity index is 2.20. The number of amides is 1. The maximum atomic E-state index is 12.1. The second kappa shape index (κ2) is 5.58. The van der Waals surface area contributed by atoms with Crippen LogP contribution in [0.5, 0.6) is 0 Å². The largest absolute Gasteiger partial charge is 0.359 e. The van der Waals surface area contributed by atoms with E-state index in [0.717, 1.165) is 4.47 Å². The Bertz CT molecular complexity index is 647. The van der Waals surface area contributed by atoms with Gasteiger partial charge in [-0.2, -0.15) is 0 Å². The number of carbonyl (C=O) groups excluding carboxylic acids is 1. The highest BCUT2D eigenvalue weighted by molar-refractivity contribution is 9.10. The first kappa shape index (κ1) is 15.1. The fourth-order valence-corrected chi connectivity index (χ4v) is 2.11. The Labute approximate surface area is 130 Å². The van der Waals surface area contributed by atoms with Crippen molar-refractivity contribution >= 4 is 39.3 Å². The van der Waals surface area contributed by atoms with E-state index in [1.165, 1.54) is 0 Å². The van der Waals surface area contributed by atoms with E-state index in [1.54, 1.807) is 24.3 Å². The molecule has 1 N–H and O–H groups in total. The fourth-order valence-electron chi connectivity index (χ4n) is 1.54. The Morgan fingerprint density at radius 1 is 1.35 bits per heavy atom. The number of hydrogen-bond donors (Lipinski definition) is 1. The first-order valence-corrected chi connectivity index (χ1v) is 7.18. The van der Waals surface area contributed by atoms with Gasteiger partial charge in [0.1, 0.15) is 5.76 Å². The van der Waals surface area contributed by atoms with Crippen LogP contribution in [0.15, 0.2) is 33.3 Å². The van der Waals surface area contributed by atoms with Crippen molar-refractivity contribution in [3.8, 4) is 0 Å². The zero-order valence-electron chi connectivity index (χ0n) is 11.3. The lowest BCUT2D eigenvalue weighted by Crippen LogP contribution is -2.13. The molecule has 0 unspecified atom stereocenters.